The number of ether oxygens (including phenoxy) is 2. The van der Waals surface area contributed by atoms with Crippen molar-refractivity contribution in [2.24, 2.45) is 0 Å². The van der Waals surface area contributed by atoms with Crippen LogP contribution in [0.2, 0.25) is 0 Å². The number of hydrogen-bond acceptors (Lipinski definition) is 3. The van der Waals surface area contributed by atoms with Gasteiger partial charge in [-0.3, -0.25) is 4.79 Å². The van der Waals surface area contributed by atoms with Gasteiger partial charge in [-0.25, -0.2) is 0 Å². The van der Waals surface area contributed by atoms with Gasteiger partial charge in [0.1, 0.15) is 18.4 Å². The van der Waals surface area contributed by atoms with Gasteiger partial charge in [-0.1, -0.05) is 28.1 Å². The van der Waals surface area contributed by atoms with E-state index in [0.29, 0.717) is 26.2 Å². The zero-order chi connectivity index (χ0) is 18.8. The molecule has 5 nitrogen and oxygen atoms in total. The largest absolute Gasteiger partial charge is 0.497 e. The first-order valence-electron chi connectivity index (χ1n) is 8.92. The molecular formula is C21H21BrN2O3. The molecule has 0 saturated carbocycles. The van der Waals surface area contributed by atoms with E-state index in [1.54, 1.807) is 7.11 Å². The number of halogens is 1. The monoisotopic (exact) mass is 428 g/mol. The standard InChI is InChI=1S/C21H21BrN2O3/c1-26-18-6-7-19-16(12-18)8-9-23(19)14-21(25)24-10-11-27-20(13-24)15-2-4-17(22)5-3-15/h2-9,12,20H,10-11,13-14H2,1H3. The van der Waals surface area contributed by atoms with Gasteiger partial charge in [0, 0.05) is 28.1 Å². The van der Waals surface area contributed by atoms with Gasteiger partial charge < -0.3 is 18.9 Å². The number of aromatic nitrogens is 1. The first-order valence-corrected chi connectivity index (χ1v) is 9.71. The molecule has 0 aliphatic carbocycles. The Kier molecular flexibility index (Phi) is 5.18. The van der Waals surface area contributed by atoms with Gasteiger partial charge in [0.2, 0.25) is 5.91 Å². The third-order valence-electron chi connectivity index (χ3n) is 4.94. The van der Waals surface area contributed by atoms with E-state index in [1.807, 2.05) is 64.2 Å². The molecule has 4 rings (SSSR count). The predicted molar refractivity (Wildman–Crippen MR) is 108 cm³/mol. The maximum absolute atomic E-state index is 12.9. The first-order chi connectivity index (χ1) is 13.1. The number of benzene rings is 2. The topological polar surface area (TPSA) is 43.7 Å². The van der Waals surface area contributed by atoms with E-state index >= 15 is 0 Å². The molecule has 0 radical (unpaired) electrons. The van der Waals surface area contributed by atoms with Crippen LogP contribution in [0.1, 0.15) is 11.7 Å². The smallest absolute Gasteiger partial charge is 0.242 e. The molecule has 2 heterocycles. The summed E-state index contributed by atoms with van der Waals surface area (Å²) in [5, 5.41) is 1.07. The fourth-order valence-electron chi connectivity index (χ4n) is 3.44. The average Bonchev–Trinajstić information content (AvgIpc) is 3.10. The Morgan fingerprint density at radius 3 is 2.81 bits per heavy atom. The molecule has 1 aliphatic heterocycles. The number of nitrogens with zero attached hydrogens (tertiary/aromatic N) is 2. The lowest BCUT2D eigenvalue weighted by molar-refractivity contribution is -0.139. The molecule has 0 bridgehead atoms. The van der Waals surface area contributed by atoms with Crippen LogP contribution in [0.25, 0.3) is 10.9 Å². The molecule has 27 heavy (non-hydrogen) atoms. The van der Waals surface area contributed by atoms with Crippen molar-refractivity contribution in [2.45, 2.75) is 12.6 Å². The van der Waals surface area contributed by atoms with E-state index < -0.39 is 0 Å². The number of carbonyl (C=O) groups excluding carboxylic acids is 1. The number of fused-ring (bicyclic) bond motifs is 1. The zero-order valence-electron chi connectivity index (χ0n) is 15.1. The molecular weight excluding hydrogens is 408 g/mol. The molecule has 1 fully saturated rings. The molecule has 3 aromatic rings. The van der Waals surface area contributed by atoms with Gasteiger partial charge >= 0.3 is 0 Å². The molecule has 1 amide bonds. The van der Waals surface area contributed by atoms with Crippen LogP contribution in [0.5, 0.6) is 5.75 Å². The zero-order valence-corrected chi connectivity index (χ0v) is 16.7. The normalized spacial score (nSPS) is 17.3. The SMILES string of the molecule is COc1ccc2c(ccn2CC(=O)N2CCOC(c3ccc(Br)cc3)C2)c1. The van der Waals surface area contributed by atoms with Crippen LogP contribution in [0.3, 0.4) is 0 Å². The predicted octanol–water partition coefficient (Wildman–Crippen LogP) is 4.01. The number of hydrogen-bond donors (Lipinski definition) is 0. The maximum atomic E-state index is 12.9. The second-order valence-corrected chi connectivity index (χ2v) is 7.53. The second kappa shape index (κ2) is 7.74. The first kappa shape index (κ1) is 18.1. The quantitative estimate of drug-likeness (QED) is 0.630. The molecule has 1 saturated heterocycles. The van der Waals surface area contributed by atoms with Crippen molar-refractivity contribution in [3.8, 4) is 5.75 Å². The van der Waals surface area contributed by atoms with Crippen molar-refractivity contribution in [2.75, 3.05) is 26.8 Å². The van der Waals surface area contributed by atoms with Crippen LogP contribution in [0.15, 0.2) is 59.2 Å². The highest BCUT2D eigenvalue weighted by Crippen LogP contribution is 2.25. The Morgan fingerprint density at radius 1 is 1.22 bits per heavy atom. The summed E-state index contributed by atoms with van der Waals surface area (Å²) in [6, 6.07) is 16.0. The molecule has 0 spiro atoms. The van der Waals surface area contributed by atoms with Crippen LogP contribution in [0.4, 0.5) is 0 Å². The Hall–Kier alpha value is -2.31. The Balaban J connectivity index is 1.47. The van der Waals surface area contributed by atoms with Crippen LogP contribution < -0.4 is 4.74 Å². The molecule has 140 valence electrons. The van der Waals surface area contributed by atoms with E-state index in [-0.39, 0.29) is 12.0 Å². The summed E-state index contributed by atoms with van der Waals surface area (Å²) < 4.78 is 14.2. The van der Waals surface area contributed by atoms with Crippen LogP contribution in [0, 0.1) is 0 Å². The minimum atomic E-state index is -0.0820. The van der Waals surface area contributed by atoms with E-state index in [2.05, 4.69) is 15.9 Å². The van der Waals surface area contributed by atoms with E-state index in [1.165, 1.54) is 0 Å². The highest BCUT2D eigenvalue weighted by Gasteiger charge is 2.25. The number of methoxy groups -OCH3 is 1. The molecule has 2 aromatic carbocycles. The van der Waals surface area contributed by atoms with Gasteiger partial charge in [-0.05, 0) is 42.0 Å². The average molecular weight is 429 g/mol. The summed E-state index contributed by atoms with van der Waals surface area (Å²) in [5.41, 5.74) is 2.12. The van der Waals surface area contributed by atoms with Crippen molar-refractivity contribution in [1.29, 1.82) is 0 Å². The van der Waals surface area contributed by atoms with E-state index in [4.69, 9.17) is 9.47 Å². The summed E-state index contributed by atoms with van der Waals surface area (Å²) >= 11 is 3.45. The van der Waals surface area contributed by atoms with Crippen molar-refractivity contribution < 1.29 is 14.3 Å². The van der Waals surface area contributed by atoms with E-state index in [0.717, 1.165) is 26.7 Å². The number of rotatable bonds is 4. The van der Waals surface area contributed by atoms with Crippen molar-refractivity contribution in [1.82, 2.24) is 9.47 Å². The minimum absolute atomic E-state index is 0.0820. The fourth-order valence-corrected chi connectivity index (χ4v) is 3.71. The summed E-state index contributed by atoms with van der Waals surface area (Å²) in [5.74, 6) is 0.922. The number of carbonyl (C=O) groups is 1. The molecule has 1 aromatic heterocycles. The summed E-state index contributed by atoms with van der Waals surface area (Å²) in [4.78, 5) is 14.8. The Morgan fingerprint density at radius 2 is 2.04 bits per heavy atom. The fraction of sp³-hybridized carbons (Fsp3) is 0.286. The molecule has 1 unspecified atom stereocenters. The second-order valence-electron chi connectivity index (χ2n) is 6.62. The Labute approximate surface area is 166 Å². The minimum Gasteiger partial charge on any atom is -0.497 e. The van der Waals surface area contributed by atoms with Gasteiger partial charge in [0.15, 0.2) is 0 Å². The van der Waals surface area contributed by atoms with Crippen molar-refractivity contribution >= 4 is 32.7 Å². The maximum Gasteiger partial charge on any atom is 0.242 e. The van der Waals surface area contributed by atoms with Crippen molar-refractivity contribution in [3.63, 3.8) is 0 Å². The summed E-state index contributed by atoms with van der Waals surface area (Å²) in [6.07, 6.45) is 1.87. The lowest BCUT2D eigenvalue weighted by atomic mass is 10.1. The van der Waals surface area contributed by atoms with Crippen LogP contribution >= 0.6 is 15.9 Å². The van der Waals surface area contributed by atoms with Gasteiger partial charge in [-0.15, -0.1) is 0 Å². The molecule has 6 heteroatoms. The lowest BCUT2D eigenvalue weighted by Gasteiger charge is -2.33. The van der Waals surface area contributed by atoms with Gasteiger partial charge in [-0.2, -0.15) is 0 Å². The highest BCUT2D eigenvalue weighted by atomic mass is 79.9. The lowest BCUT2D eigenvalue weighted by Crippen LogP contribution is -2.43. The molecule has 0 N–H and O–H groups in total. The highest BCUT2D eigenvalue weighted by molar-refractivity contribution is 9.10. The molecule has 1 atom stereocenters. The van der Waals surface area contributed by atoms with Gasteiger partial charge in [0.05, 0.1) is 20.3 Å². The van der Waals surface area contributed by atoms with E-state index in [9.17, 15) is 4.79 Å². The summed E-state index contributed by atoms with van der Waals surface area (Å²) in [6.45, 7) is 2.07. The summed E-state index contributed by atoms with van der Waals surface area (Å²) in [7, 11) is 1.65. The van der Waals surface area contributed by atoms with Crippen LogP contribution in [-0.2, 0) is 16.1 Å². The number of amides is 1. The molecule has 1 aliphatic rings. The van der Waals surface area contributed by atoms with Gasteiger partial charge in [0.25, 0.3) is 0 Å². The number of morpholine rings is 1. The van der Waals surface area contributed by atoms with Crippen molar-refractivity contribution in [3.05, 3.63) is 64.8 Å². The van der Waals surface area contributed by atoms with Crippen LogP contribution in [-0.4, -0.2) is 42.2 Å². The Bertz CT molecular complexity index is 952. The third kappa shape index (κ3) is 3.87. The third-order valence-corrected chi connectivity index (χ3v) is 5.47.